The number of amides is 1. The standard InChI is InChI=1S/C81H161NO5/c1-3-5-7-9-11-13-15-17-19-21-22-23-24-30-33-36-39-42-45-49-53-57-61-65-69-73-79(84)78(77-83)82-80(85)74-70-66-62-58-54-50-46-43-40-37-34-31-28-26-25-27-29-32-35-38-41-44-48-52-56-60-64-68-72-76-87-81(86)75-71-67-63-59-55-51-47-20-18-16-14-12-10-8-6-4-2/h78-79,83-84H,3-77H2,1-2H3,(H,82,85). The molecule has 0 rings (SSSR count). The molecular weight excluding hydrogens is 1070 g/mol. The van der Waals surface area contributed by atoms with Gasteiger partial charge in [0, 0.05) is 12.8 Å². The maximum absolute atomic E-state index is 12.6. The maximum Gasteiger partial charge on any atom is 0.305 e. The third kappa shape index (κ3) is 73.8. The Balaban J connectivity index is 3.33. The molecule has 87 heavy (non-hydrogen) atoms. The van der Waals surface area contributed by atoms with Crippen LogP contribution < -0.4 is 5.32 Å². The highest BCUT2D eigenvalue weighted by molar-refractivity contribution is 5.76. The minimum absolute atomic E-state index is 0.0245. The van der Waals surface area contributed by atoms with Crippen molar-refractivity contribution in [3.8, 4) is 0 Å². The summed E-state index contributed by atoms with van der Waals surface area (Å²) in [7, 11) is 0. The highest BCUT2D eigenvalue weighted by Crippen LogP contribution is 2.21. The van der Waals surface area contributed by atoms with Crippen molar-refractivity contribution in [2.75, 3.05) is 13.2 Å². The van der Waals surface area contributed by atoms with E-state index in [9.17, 15) is 19.8 Å². The van der Waals surface area contributed by atoms with Crippen LogP contribution in [-0.4, -0.2) is 47.4 Å². The van der Waals surface area contributed by atoms with E-state index < -0.39 is 12.1 Å². The lowest BCUT2D eigenvalue weighted by molar-refractivity contribution is -0.143. The summed E-state index contributed by atoms with van der Waals surface area (Å²) in [4.78, 5) is 24.7. The van der Waals surface area contributed by atoms with Gasteiger partial charge in [0.25, 0.3) is 0 Å². The van der Waals surface area contributed by atoms with Gasteiger partial charge >= 0.3 is 5.97 Å². The first-order valence-corrected chi connectivity index (χ1v) is 40.8. The lowest BCUT2D eigenvalue weighted by atomic mass is 10.0. The predicted octanol–water partition coefficient (Wildman–Crippen LogP) is 26.9. The summed E-state index contributed by atoms with van der Waals surface area (Å²) < 4.78 is 5.51. The van der Waals surface area contributed by atoms with Gasteiger partial charge in [0.05, 0.1) is 25.4 Å². The predicted molar refractivity (Wildman–Crippen MR) is 384 cm³/mol. The molecule has 0 radical (unpaired) electrons. The largest absolute Gasteiger partial charge is 0.466 e. The summed E-state index contributed by atoms with van der Waals surface area (Å²) in [5.41, 5.74) is 0. The highest BCUT2D eigenvalue weighted by Gasteiger charge is 2.20. The molecule has 0 aromatic carbocycles. The molecule has 1 amide bonds. The highest BCUT2D eigenvalue weighted by atomic mass is 16.5. The first-order chi connectivity index (χ1) is 43.0. The number of esters is 1. The molecule has 6 nitrogen and oxygen atoms in total. The molecule has 0 bridgehead atoms. The van der Waals surface area contributed by atoms with Gasteiger partial charge in [-0.1, -0.05) is 444 Å². The molecule has 0 aliphatic rings. The van der Waals surface area contributed by atoms with Crippen LogP contribution in [0.5, 0.6) is 0 Å². The number of aliphatic hydroxyl groups is 2. The normalized spacial score (nSPS) is 12.4. The molecule has 0 heterocycles. The lowest BCUT2D eigenvalue weighted by Crippen LogP contribution is -2.45. The van der Waals surface area contributed by atoms with Gasteiger partial charge in [0.1, 0.15) is 0 Å². The van der Waals surface area contributed by atoms with Crippen LogP contribution in [0.3, 0.4) is 0 Å². The average Bonchev–Trinajstić information content (AvgIpc) is 3.54. The number of hydrogen-bond acceptors (Lipinski definition) is 5. The van der Waals surface area contributed by atoms with E-state index >= 15 is 0 Å². The van der Waals surface area contributed by atoms with Crippen molar-refractivity contribution in [2.45, 2.75) is 495 Å². The molecule has 0 aromatic heterocycles. The summed E-state index contributed by atoms with van der Waals surface area (Å²) in [5.74, 6) is 0.000223. The molecule has 3 N–H and O–H groups in total. The third-order valence-corrected chi connectivity index (χ3v) is 19.7. The number of ether oxygens (including phenoxy) is 1. The molecule has 0 saturated carbocycles. The first kappa shape index (κ1) is 85.9. The molecule has 2 unspecified atom stereocenters. The third-order valence-electron chi connectivity index (χ3n) is 19.7. The van der Waals surface area contributed by atoms with Crippen LogP contribution in [0, 0.1) is 0 Å². The van der Waals surface area contributed by atoms with Gasteiger partial charge < -0.3 is 20.3 Å². The van der Waals surface area contributed by atoms with Gasteiger partial charge in [0.2, 0.25) is 5.91 Å². The SMILES string of the molecule is CCCCCCCCCCCCCCCCCCCCCCCCCCCC(O)C(CO)NC(=O)CCCCCCCCCCCCCCCCCCCCCCCCCCCCCCCOC(=O)CCCCCCCCCCCCCCCCCC. The van der Waals surface area contributed by atoms with Crippen molar-refractivity contribution in [2.24, 2.45) is 0 Å². The van der Waals surface area contributed by atoms with Crippen LogP contribution in [0.1, 0.15) is 483 Å². The molecule has 2 atom stereocenters. The Labute approximate surface area is 547 Å². The van der Waals surface area contributed by atoms with Crippen LogP contribution in [0.25, 0.3) is 0 Å². The number of aliphatic hydroxyl groups excluding tert-OH is 2. The van der Waals surface area contributed by atoms with Crippen LogP contribution in [0.2, 0.25) is 0 Å². The van der Waals surface area contributed by atoms with Crippen molar-refractivity contribution in [1.82, 2.24) is 5.32 Å². The van der Waals surface area contributed by atoms with Gasteiger partial charge in [-0.2, -0.15) is 0 Å². The fraction of sp³-hybridized carbons (Fsp3) is 0.975. The number of hydrogen-bond donors (Lipinski definition) is 3. The molecule has 0 spiro atoms. The molecular formula is C81H161NO5. The van der Waals surface area contributed by atoms with E-state index in [1.165, 1.54) is 411 Å². The second-order valence-corrected chi connectivity index (χ2v) is 28.5. The second kappa shape index (κ2) is 77.3. The average molecular weight is 1230 g/mol. The molecule has 0 fully saturated rings. The van der Waals surface area contributed by atoms with Crippen LogP contribution in [0.4, 0.5) is 0 Å². The number of rotatable bonds is 78. The molecule has 0 aliphatic heterocycles. The molecule has 520 valence electrons. The van der Waals surface area contributed by atoms with E-state index in [-0.39, 0.29) is 18.5 Å². The zero-order valence-electron chi connectivity index (χ0n) is 59.8. The first-order valence-electron chi connectivity index (χ1n) is 40.8. The number of carbonyl (C=O) groups excluding carboxylic acids is 2. The smallest absolute Gasteiger partial charge is 0.305 e. The van der Waals surface area contributed by atoms with E-state index in [1.807, 2.05) is 0 Å². The zero-order chi connectivity index (χ0) is 62.8. The van der Waals surface area contributed by atoms with Crippen LogP contribution in [0.15, 0.2) is 0 Å². The minimum Gasteiger partial charge on any atom is -0.466 e. The zero-order valence-corrected chi connectivity index (χ0v) is 59.8. The molecule has 0 aliphatic carbocycles. The Kier molecular flexibility index (Phi) is 76.3. The number of nitrogens with one attached hydrogen (secondary N) is 1. The second-order valence-electron chi connectivity index (χ2n) is 28.5. The Bertz CT molecular complexity index is 1280. The number of carbonyl (C=O) groups is 2. The summed E-state index contributed by atoms with van der Waals surface area (Å²) in [6.07, 6.45) is 96.3. The maximum atomic E-state index is 12.6. The lowest BCUT2D eigenvalue weighted by Gasteiger charge is -2.22. The van der Waals surface area contributed by atoms with E-state index in [1.54, 1.807) is 0 Å². The Morgan fingerprint density at radius 1 is 0.276 bits per heavy atom. The van der Waals surface area contributed by atoms with Gasteiger partial charge in [-0.15, -0.1) is 0 Å². The van der Waals surface area contributed by atoms with Gasteiger partial charge in [-0.3, -0.25) is 9.59 Å². The molecule has 0 aromatic rings. The molecule has 6 heteroatoms. The van der Waals surface area contributed by atoms with E-state index in [2.05, 4.69) is 19.2 Å². The summed E-state index contributed by atoms with van der Waals surface area (Å²) in [6.45, 7) is 5.02. The van der Waals surface area contributed by atoms with Crippen molar-refractivity contribution >= 4 is 11.9 Å². The van der Waals surface area contributed by atoms with Gasteiger partial charge in [-0.05, 0) is 25.7 Å². The quantitative estimate of drug-likeness (QED) is 0.0417. The van der Waals surface area contributed by atoms with Crippen molar-refractivity contribution < 1.29 is 24.5 Å². The van der Waals surface area contributed by atoms with E-state index in [0.717, 1.165) is 38.5 Å². The Morgan fingerprint density at radius 2 is 0.471 bits per heavy atom. The summed E-state index contributed by atoms with van der Waals surface area (Å²) in [5, 5.41) is 23.5. The van der Waals surface area contributed by atoms with E-state index in [0.29, 0.717) is 25.9 Å². The van der Waals surface area contributed by atoms with Crippen LogP contribution >= 0.6 is 0 Å². The van der Waals surface area contributed by atoms with E-state index in [4.69, 9.17) is 4.74 Å². The van der Waals surface area contributed by atoms with Crippen molar-refractivity contribution in [1.29, 1.82) is 0 Å². The fourth-order valence-electron chi connectivity index (χ4n) is 13.5. The Morgan fingerprint density at radius 3 is 0.701 bits per heavy atom. The fourth-order valence-corrected chi connectivity index (χ4v) is 13.5. The van der Waals surface area contributed by atoms with Crippen LogP contribution in [-0.2, 0) is 14.3 Å². The van der Waals surface area contributed by atoms with Crippen molar-refractivity contribution in [3.63, 3.8) is 0 Å². The minimum atomic E-state index is -0.663. The topological polar surface area (TPSA) is 95.9 Å². The van der Waals surface area contributed by atoms with Gasteiger partial charge in [-0.25, -0.2) is 0 Å². The molecule has 0 saturated heterocycles. The van der Waals surface area contributed by atoms with Crippen molar-refractivity contribution in [3.05, 3.63) is 0 Å². The van der Waals surface area contributed by atoms with Gasteiger partial charge in [0.15, 0.2) is 0 Å². The summed E-state index contributed by atoms with van der Waals surface area (Å²) >= 11 is 0. The monoisotopic (exact) mass is 1230 g/mol. The Hall–Kier alpha value is -1.14. The summed E-state index contributed by atoms with van der Waals surface area (Å²) in [6, 6.07) is -0.539. The number of unbranched alkanes of at least 4 members (excludes halogenated alkanes) is 67.